The molecule has 4 rings (SSSR count). The van der Waals surface area contributed by atoms with Crippen molar-refractivity contribution in [3.63, 3.8) is 0 Å². The second-order valence-corrected chi connectivity index (χ2v) is 8.73. The van der Waals surface area contributed by atoms with Crippen LogP contribution in [0.15, 0.2) is 72.3 Å². The van der Waals surface area contributed by atoms with Crippen LogP contribution in [0.5, 0.6) is 17.2 Å². The van der Waals surface area contributed by atoms with Crippen molar-refractivity contribution in [3.05, 3.63) is 83.4 Å². The molecule has 1 aliphatic heterocycles. The van der Waals surface area contributed by atoms with Crippen molar-refractivity contribution in [1.82, 2.24) is 5.32 Å². The third-order valence-corrected chi connectivity index (χ3v) is 5.78. The highest BCUT2D eigenvalue weighted by molar-refractivity contribution is 6.39. The summed E-state index contributed by atoms with van der Waals surface area (Å²) in [6, 6.07) is 17.8. The number of anilines is 2. The Morgan fingerprint density at radius 3 is 2.23 bits per heavy atom. The molecule has 0 spiro atoms. The molecule has 1 saturated heterocycles. The molecule has 10 nitrogen and oxygen atoms in total. The summed E-state index contributed by atoms with van der Waals surface area (Å²) in [6.45, 7) is 6.03. The number of nitrogens with one attached hydrogen (secondary N) is 2. The molecular formula is C30H29N3O7. The van der Waals surface area contributed by atoms with Crippen molar-refractivity contribution < 1.29 is 33.4 Å². The summed E-state index contributed by atoms with van der Waals surface area (Å²) in [6.07, 6.45) is 1.37. The zero-order valence-corrected chi connectivity index (χ0v) is 22.4. The maximum atomic E-state index is 13.4. The SMILES string of the molecule is CCOc1ccc(OCC)c(N2C(=O)NC(=O)/C(=C\c3ccc(OCC(=O)Nc4ccc(C)cc4)cc3)C2=O)c1. The number of urea groups is 1. The van der Waals surface area contributed by atoms with Crippen LogP contribution in [0.3, 0.4) is 0 Å². The zero-order valence-electron chi connectivity index (χ0n) is 22.4. The van der Waals surface area contributed by atoms with Crippen LogP contribution in [0.25, 0.3) is 6.08 Å². The fourth-order valence-electron chi connectivity index (χ4n) is 3.89. The smallest absolute Gasteiger partial charge is 0.336 e. The van der Waals surface area contributed by atoms with Gasteiger partial charge < -0.3 is 19.5 Å². The summed E-state index contributed by atoms with van der Waals surface area (Å²) in [5.74, 6) is -0.798. The number of ether oxygens (including phenoxy) is 3. The summed E-state index contributed by atoms with van der Waals surface area (Å²) in [5.41, 5.74) is 2.18. The van der Waals surface area contributed by atoms with Crippen LogP contribution in [0.2, 0.25) is 0 Å². The Morgan fingerprint density at radius 2 is 1.55 bits per heavy atom. The number of hydrogen-bond donors (Lipinski definition) is 2. The van der Waals surface area contributed by atoms with Crippen molar-refractivity contribution in [3.8, 4) is 17.2 Å². The van der Waals surface area contributed by atoms with Gasteiger partial charge in [-0.25, -0.2) is 9.69 Å². The average Bonchev–Trinajstić information content (AvgIpc) is 2.93. The fraction of sp³-hybridized carbons (Fsp3) is 0.200. The van der Waals surface area contributed by atoms with Gasteiger partial charge in [-0.05, 0) is 68.8 Å². The van der Waals surface area contributed by atoms with E-state index in [9.17, 15) is 19.2 Å². The normalized spacial score (nSPS) is 14.1. The van der Waals surface area contributed by atoms with Gasteiger partial charge in [0.25, 0.3) is 17.7 Å². The van der Waals surface area contributed by atoms with Crippen LogP contribution < -0.4 is 29.7 Å². The molecule has 0 unspecified atom stereocenters. The number of amides is 5. The number of carbonyl (C=O) groups excluding carboxylic acids is 4. The maximum Gasteiger partial charge on any atom is 0.336 e. The van der Waals surface area contributed by atoms with E-state index in [2.05, 4.69) is 10.6 Å². The number of nitrogens with zero attached hydrogens (tertiary/aromatic N) is 1. The Kier molecular flexibility index (Phi) is 8.80. The summed E-state index contributed by atoms with van der Waals surface area (Å²) < 4.78 is 16.7. The molecule has 0 radical (unpaired) electrons. The van der Waals surface area contributed by atoms with Crippen molar-refractivity contribution >= 4 is 41.2 Å². The largest absolute Gasteiger partial charge is 0.494 e. The molecule has 3 aromatic rings. The van der Waals surface area contributed by atoms with Crippen molar-refractivity contribution in [1.29, 1.82) is 0 Å². The van der Waals surface area contributed by atoms with Crippen molar-refractivity contribution in [2.45, 2.75) is 20.8 Å². The Balaban J connectivity index is 1.49. The van der Waals surface area contributed by atoms with E-state index in [1.165, 1.54) is 12.1 Å². The Morgan fingerprint density at radius 1 is 0.875 bits per heavy atom. The third kappa shape index (κ3) is 6.65. The molecule has 5 amide bonds. The van der Waals surface area contributed by atoms with E-state index < -0.39 is 17.8 Å². The van der Waals surface area contributed by atoms with Crippen LogP contribution >= 0.6 is 0 Å². The van der Waals surface area contributed by atoms with E-state index in [0.29, 0.717) is 36.0 Å². The van der Waals surface area contributed by atoms with Gasteiger partial charge in [0.1, 0.15) is 22.8 Å². The van der Waals surface area contributed by atoms with Crippen LogP contribution in [0.1, 0.15) is 25.0 Å². The predicted molar refractivity (Wildman–Crippen MR) is 150 cm³/mol. The number of imide groups is 2. The van der Waals surface area contributed by atoms with E-state index >= 15 is 0 Å². The molecule has 1 heterocycles. The first kappa shape index (κ1) is 27.9. The molecule has 0 aromatic heterocycles. The summed E-state index contributed by atoms with van der Waals surface area (Å²) in [5, 5.41) is 4.96. The standard InChI is InChI=1S/C30H29N3O7/c1-4-38-23-14-15-26(39-5-2)25(17-23)33-29(36)24(28(35)32-30(33)37)16-20-8-12-22(13-9-20)40-18-27(34)31-21-10-6-19(3)7-11-21/h6-17H,4-5,18H2,1-3H3,(H,31,34)(H,32,35,37)/b24-16+. The predicted octanol–water partition coefficient (Wildman–Crippen LogP) is 4.48. The first-order valence-corrected chi connectivity index (χ1v) is 12.7. The highest BCUT2D eigenvalue weighted by atomic mass is 16.5. The summed E-state index contributed by atoms with van der Waals surface area (Å²) in [4.78, 5) is 51.8. The maximum absolute atomic E-state index is 13.4. The second-order valence-electron chi connectivity index (χ2n) is 8.73. The number of rotatable bonds is 10. The van der Waals surface area contributed by atoms with Gasteiger partial charge in [-0.2, -0.15) is 0 Å². The minimum absolute atomic E-state index is 0.154. The minimum Gasteiger partial charge on any atom is -0.494 e. The lowest BCUT2D eigenvalue weighted by Crippen LogP contribution is -2.54. The number of carbonyl (C=O) groups is 4. The quantitative estimate of drug-likeness (QED) is 0.286. The average molecular weight is 544 g/mol. The van der Waals surface area contributed by atoms with Crippen LogP contribution in [0, 0.1) is 6.92 Å². The molecule has 3 aromatic carbocycles. The lowest BCUT2D eigenvalue weighted by molar-refractivity contribution is -0.122. The van der Waals surface area contributed by atoms with E-state index in [1.807, 2.05) is 26.0 Å². The first-order valence-electron chi connectivity index (χ1n) is 12.7. The molecule has 10 heteroatoms. The van der Waals surface area contributed by atoms with E-state index in [0.717, 1.165) is 10.5 Å². The van der Waals surface area contributed by atoms with E-state index in [4.69, 9.17) is 14.2 Å². The second kappa shape index (κ2) is 12.6. The van der Waals surface area contributed by atoms with Crippen molar-refractivity contribution in [2.75, 3.05) is 30.0 Å². The lowest BCUT2D eigenvalue weighted by atomic mass is 10.1. The summed E-state index contributed by atoms with van der Waals surface area (Å²) >= 11 is 0. The van der Waals surface area contributed by atoms with Gasteiger partial charge in [0, 0.05) is 11.8 Å². The first-order chi connectivity index (χ1) is 19.3. The Bertz CT molecular complexity index is 1450. The highest BCUT2D eigenvalue weighted by Gasteiger charge is 2.38. The molecule has 0 saturated carbocycles. The van der Waals surface area contributed by atoms with Crippen LogP contribution in [-0.4, -0.2) is 43.6 Å². The molecule has 0 aliphatic carbocycles. The number of benzene rings is 3. The van der Waals surface area contributed by atoms with Gasteiger partial charge in [0.05, 0.1) is 18.9 Å². The van der Waals surface area contributed by atoms with Gasteiger partial charge in [0.15, 0.2) is 6.61 Å². The molecular weight excluding hydrogens is 514 g/mol. The summed E-state index contributed by atoms with van der Waals surface area (Å²) in [7, 11) is 0. The molecule has 40 heavy (non-hydrogen) atoms. The van der Waals surface area contributed by atoms with Gasteiger partial charge >= 0.3 is 6.03 Å². The number of aryl methyl sites for hydroxylation is 1. The topological polar surface area (TPSA) is 123 Å². The number of hydrogen-bond acceptors (Lipinski definition) is 7. The van der Waals surface area contributed by atoms with Crippen molar-refractivity contribution in [2.24, 2.45) is 0 Å². The van der Waals surface area contributed by atoms with E-state index in [-0.39, 0.29) is 29.5 Å². The third-order valence-electron chi connectivity index (χ3n) is 5.78. The number of barbiturate groups is 1. The molecule has 2 N–H and O–H groups in total. The zero-order chi connectivity index (χ0) is 28.6. The van der Waals surface area contributed by atoms with Gasteiger partial charge in [-0.3, -0.25) is 19.7 Å². The van der Waals surface area contributed by atoms with Gasteiger partial charge in [-0.15, -0.1) is 0 Å². The monoisotopic (exact) mass is 543 g/mol. The highest BCUT2D eigenvalue weighted by Crippen LogP contribution is 2.35. The molecule has 206 valence electrons. The minimum atomic E-state index is -0.894. The van der Waals surface area contributed by atoms with E-state index in [1.54, 1.807) is 55.5 Å². The molecule has 1 fully saturated rings. The molecule has 0 bridgehead atoms. The Hall–Kier alpha value is -5.12. The molecule has 1 aliphatic rings. The van der Waals surface area contributed by atoms with Crippen LogP contribution in [0.4, 0.5) is 16.2 Å². The molecule has 0 atom stereocenters. The van der Waals surface area contributed by atoms with Crippen LogP contribution in [-0.2, 0) is 14.4 Å². The lowest BCUT2D eigenvalue weighted by Gasteiger charge is -2.28. The Labute approximate surface area is 231 Å². The fourth-order valence-corrected chi connectivity index (χ4v) is 3.89. The van der Waals surface area contributed by atoms with Gasteiger partial charge in [0.2, 0.25) is 0 Å². The van der Waals surface area contributed by atoms with Gasteiger partial charge in [-0.1, -0.05) is 29.8 Å².